The van der Waals surface area contributed by atoms with Crippen LogP contribution in [0.4, 0.5) is 8.78 Å². The van der Waals surface area contributed by atoms with Gasteiger partial charge in [-0.1, -0.05) is 6.92 Å². The Kier molecular flexibility index (Phi) is 4.63. The lowest BCUT2D eigenvalue weighted by Gasteiger charge is -2.13. The smallest absolute Gasteiger partial charge is 0.145 e. The summed E-state index contributed by atoms with van der Waals surface area (Å²) in [4.78, 5) is 4.29. The maximum absolute atomic E-state index is 13.0. The second kappa shape index (κ2) is 6.43. The molecule has 2 aromatic rings. The molecule has 0 radical (unpaired) electrons. The molecule has 1 aromatic carbocycles. The highest BCUT2D eigenvalue weighted by Crippen LogP contribution is 2.24. The molecule has 0 aliphatic rings. The maximum Gasteiger partial charge on any atom is 0.145 e. The molecule has 0 saturated carbocycles. The normalized spacial score (nSPS) is 12.2. The van der Waals surface area contributed by atoms with Crippen LogP contribution in [0.15, 0.2) is 36.5 Å². The molecule has 5 heteroatoms. The molecule has 0 aliphatic carbocycles. The van der Waals surface area contributed by atoms with Gasteiger partial charge in [-0.05, 0) is 25.6 Å². The first-order valence-electron chi connectivity index (χ1n) is 6.39. The van der Waals surface area contributed by atoms with Crippen LogP contribution in [0.25, 0.3) is 0 Å². The van der Waals surface area contributed by atoms with Gasteiger partial charge in [0.25, 0.3) is 0 Å². The number of nitrogens with one attached hydrogen (secondary N) is 1. The van der Waals surface area contributed by atoms with E-state index in [2.05, 4.69) is 17.2 Å². The van der Waals surface area contributed by atoms with E-state index in [1.165, 1.54) is 6.20 Å². The van der Waals surface area contributed by atoms with Gasteiger partial charge in [0.1, 0.15) is 23.1 Å². The van der Waals surface area contributed by atoms with Gasteiger partial charge in [-0.25, -0.2) is 8.78 Å². The Bertz CT molecular complexity index is 548. The standard InChI is InChI=1S/C15H16F2N2O/c1-3-14(18-2)15-5-4-12(9-19-15)20-13-7-10(16)6-11(17)8-13/h4-9,14,18H,3H2,1-2H3. The molecule has 0 fully saturated rings. The van der Waals surface area contributed by atoms with Crippen molar-refractivity contribution >= 4 is 0 Å². The largest absolute Gasteiger partial charge is 0.456 e. The lowest BCUT2D eigenvalue weighted by molar-refractivity contribution is 0.464. The third-order valence-corrected chi connectivity index (χ3v) is 2.94. The Morgan fingerprint density at radius 3 is 2.35 bits per heavy atom. The zero-order valence-corrected chi connectivity index (χ0v) is 11.4. The number of rotatable bonds is 5. The van der Waals surface area contributed by atoms with Crippen molar-refractivity contribution in [3.05, 3.63) is 53.9 Å². The molecule has 1 aromatic heterocycles. The number of hydrogen-bond donors (Lipinski definition) is 1. The first-order chi connectivity index (χ1) is 9.62. The number of pyridine rings is 1. The molecule has 0 bridgehead atoms. The number of ether oxygens (including phenoxy) is 1. The van der Waals surface area contributed by atoms with Gasteiger partial charge < -0.3 is 10.1 Å². The molecular weight excluding hydrogens is 262 g/mol. The van der Waals surface area contributed by atoms with Crippen LogP contribution < -0.4 is 10.1 Å². The second-order valence-electron chi connectivity index (χ2n) is 4.38. The first kappa shape index (κ1) is 14.4. The van der Waals surface area contributed by atoms with Gasteiger partial charge in [0.05, 0.1) is 11.9 Å². The molecule has 0 amide bonds. The molecule has 1 atom stereocenters. The maximum atomic E-state index is 13.0. The Hall–Kier alpha value is -2.01. The minimum absolute atomic E-state index is 0.109. The van der Waals surface area contributed by atoms with Crippen LogP contribution in [0, 0.1) is 11.6 Å². The van der Waals surface area contributed by atoms with Gasteiger partial charge in [-0.15, -0.1) is 0 Å². The predicted molar refractivity (Wildman–Crippen MR) is 72.8 cm³/mol. The van der Waals surface area contributed by atoms with E-state index in [4.69, 9.17) is 4.74 Å². The van der Waals surface area contributed by atoms with E-state index in [9.17, 15) is 8.78 Å². The van der Waals surface area contributed by atoms with Crippen molar-refractivity contribution in [2.75, 3.05) is 7.05 Å². The third-order valence-electron chi connectivity index (χ3n) is 2.94. The monoisotopic (exact) mass is 278 g/mol. The van der Waals surface area contributed by atoms with E-state index in [1.807, 2.05) is 13.1 Å². The average Bonchev–Trinajstić information content (AvgIpc) is 2.41. The Morgan fingerprint density at radius 2 is 1.85 bits per heavy atom. The van der Waals surface area contributed by atoms with Crippen molar-refractivity contribution in [3.63, 3.8) is 0 Å². The number of benzene rings is 1. The summed E-state index contributed by atoms with van der Waals surface area (Å²) >= 11 is 0. The number of aromatic nitrogens is 1. The summed E-state index contributed by atoms with van der Waals surface area (Å²) in [7, 11) is 1.87. The fourth-order valence-electron chi connectivity index (χ4n) is 1.94. The van der Waals surface area contributed by atoms with Crippen molar-refractivity contribution in [1.29, 1.82) is 0 Å². The predicted octanol–water partition coefficient (Wildman–Crippen LogP) is 3.82. The van der Waals surface area contributed by atoms with Crippen LogP contribution in [0.2, 0.25) is 0 Å². The van der Waals surface area contributed by atoms with Crippen molar-refractivity contribution in [3.8, 4) is 11.5 Å². The van der Waals surface area contributed by atoms with Gasteiger partial charge in [-0.2, -0.15) is 0 Å². The summed E-state index contributed by atoms with van der Waals surface area (Å²) in [6, 6.07) is 6.78. The number of halogens is 2. The van der Waals surface area contributed by atoms with Gasteiger partial charge in [-0.3, -0.25) is 4.98 Å². The lowest BCUT2D eigenvalue weighted by Crippen LogP contribution is -2.16. The minimum atomic E-state index is -0.675. The molecular formula is C15H16F2N2O. The summed E-state index contributed by atoms with van der Waals surface area (Å²) in [6.07, 6.45) is 2.46. The molecule has 1 N–H and O–H groups in total. The van der Waals surface area contributed by atoms with Crippen LogP contribution in [0.3, 0.4) is 0 Å². The van der Waals surface area contributed by atoms with Crippen LogP contribution in [0.1, 0.15) is 25.1 Å². The first-order valence-corrected chi connectivity index (χ1v) is 6.39. The molecule has 20 heavy (non-hydrogen) atoms. The molecule has 1 unspecified atom stereocenters. The SMILES string of the molecule is CCC(NC)c1ccc(Oc2cc(F)cc(F)c2)cn1. The lowest BCUT2D eigenvalue weighted by atomic mass is 10.1. The zero-order valence-electron chi connectivity index (χ0n) is 11.4. The third kappa shape index (κ3) is 3.51. The van der Waals surface area contributed by atoms with E-state index < -0.39 is 11.6 Å². The van der Waals surface area contributed by atoms with Crippen LogP contribution in [0.5, 0.6) is 11.5 Å². The molecule has 3 nitrogen and oxygen atoms in total. The summed E-state index contributed by atoms with van der Waals surface area (Å²) in [6.45, 7) is 2.06. The highest BCUT2D eigenvalue weighted by Gasteiger charge is 2.08. The average molecular weight is 278 g/mol. The van der Waals surface area contributed by atoms with E-state index in [0.29, 0.717) is 5.75 Å². The molecule has 0 spiro atoms. The Balaban J connectivity index is 2.14. The quantitative estimate of drug-likeness (QED) is 0.902. The van der Waals surface area contributed by atoms with Crippen molar-refractivity contribution < 1.29 is 13.5 Å². The topological polar surface area (TPSA) is 34.1 Å². The van der Waals surface area contributed by atoms with Crippen LogP contribution in [-0.4, -0.2) is 12.0 Å². The van der Waals surface area contributed by atoms with E-state index >= 15 is 0 Å². The molecule has 0 aliphatic heterocycles. The Labute approximate surface area is 116 Å². The van der Waals surface area contributed by atoms with Crippen molar-refractivity contribution in [1.82, 2.24) is 10.3 Å². The van der Waals surface area contributed by atoms with Crippen molar-refractivity contribution in [2.24, 2.45) is 0 Å². The number of hydrogen-bond acceptors (Lipinski definition) is 3. The van der Waals surface area contributed by atoms with Crippen LogP contribution in [-0.2, 0) is 0 Å². The fraction of sp³-hybridized carbons (Fsp3) is 0.267. The summed E-state index contributed by atoms with van der Waals surface area (Å²) in [5.41, 5.74) is 0.896. The number of nitrogens with zero attached hydrogens (tertiary/aromatic N) is 1. The summed E-state index contributed by atoms with van der Waals surface area (Å²) in [5.74, 6) is -0.806. The Morgan fingerprint density at radius 1 is 1.15 bits per heavy atom. The highest BCUT2D eigenvalue weighted by molar-refractivity contribution is 5.31. The highest BCUT2D eigenvalue weighted by atomic mass is 19.1. The van der Waals surface area contributed by atoms with Gasteiger partial charge in [0, 0.05) is 24.2 Å². The fourth-order valence-corrected chi connectivity index (χ4v) is 1.94. The second-order valence-corrected chi connectivity index (χ2v) is 4.38. The molecule has 0 saturated heterocycles. The summed E-state index contributed by atoms with van der Waals surface area (Å²) in [5, 5.41) is 3.15. The molecule has 2 rings (SSSR count). The molecule has 106 valence electrons. The molecule has 1 heterocycles. The minimum Gasteiger partial charge on any atom is -0.456 e. The zero-order chi connectivity index (χ0) is 14.5. The van der Waals surface area contributed by atoms with Gasteiger partial charge in [0.2, 0.25) is 0 Å². The van der Waals surface area contributed by atoms with E-state index in [0.717, 1.165) is 30.3 Å². The van der Waals surface area contributed by atoms with E-state index in [-0.39, 0.29) is 11.8 Å². The van der Waals surface area contributed by atoms with Gasteiger partial charge in [0.15, 0.2) is 0 Å². The van der Waals surface area contributed by atoms with Crippen molar-refractivity contribution in [2.45, 2.75) is 19.4 Å². The summed E-state index contributed by atoms with van der Waals surface area (Å²) < 4.78 is 31.5. The van der Waals surface area contributed by atoms with Crippen LogP contribution >= 0.6 is 0 Å². The van der Waals surface area contributed by atoms with Gasteiger partial charge >= 0.3 is 0 Å². The van der Waals surface area contributed by atoms with E-state index in [1.54, 1.807) is 6.07 Å².